The number of rotatable bonds is 3. The Bertz CT molecular complexity index is 911. The number of pyridine rings is 1. The number of imidazole rings is 1. The van der Waals surface area contributed by atoms with Gasteiger partial charge in [0.25, 0.3) is 0 Å². The predicted molar refractivity (Wildman–Crippen MR) is 102 cm³/mol. The van der Waals surface area contributed by atoms with Crippen molar-refractivity contribution in [1.29, 1.82) is 0 Å². The number of nitrogens with one attached hydrogen (secondary N) is 1. The molecule has 0 aliphatic heterocycles. The standard InChI is InChI=1S/C20H19Cl2N3/c1-11-18(25-19(24-11)12-5-4-6-23-10-12)17-16(20(17,2)3)13-7-14(21)9-15(22)8-13/h4-10,16-17H,1-3H3,(H,24,25)/t16-,17+/m1/s1. The van der Waals surface area contributed by atoms with Crippen molar-refractivity contribution in [3.63, 3.8) is 0 Å². The molecule has 0 radical (unpaired) electrons. The highest BCUT2D eigenvalue weighted by molar-refractivity contribution is 6.34. The third-order valence-electron chi connectivity index (χ3n) is 5.22. The minimum absolute atomic E-state index is 0.111. The van der Waals surface area contributed by atoms with E-state index in [9.17, 15) is 0 Å². The molecule has 2 aromatic heterocycles. The van der Waals surface area contributed by atoms with Gasteiger partial charge in [-0.25, -0.2) is 4.98 Å². The van der Waals surface area contributed by atoms with Crippen molar-refractivity contribution in [2.75, 3.05) is 0 Å². The first-order valence-corrected chi connectivity index (χ1v) is 9.06. The number of benzene rings is 1. The Morgan fingerprint density at radius 2 is 1.80 bits per heavy atom. The molecular formula is C20H19Cl2N3. The van der Waals surface area contributed by atoms with E-state index in [1.165, 1.54) is 5.56 Å². The smallest absolute Gasteiger partial charge is 0.139 e. The molecule has 0 unspecified atom stereocenters. The molecule has 3 nitrogen and oxygen atoms in total. The average Bonchev–Trinajstić information content (AvgIpc) is 2.92. The molecule has 5 heteroatoms. The molecule has 1 N–H and O–H groups in total. The van der Waals surface area contributed by atoms with Crippen LogP contribution in [0.2, 0.25) is 10.0 Å². The molecule has 128 valence electrons. The maximum atomic E-state index is 6.21. The van der Waals surface area contributed by atoms with Gasteiger partial charge in [0, 0.05) is 39.6 Å². The van der Waals surface area contributed by atoms with Crippen LogP contribution in [0, 0.1) is 12.3 Å². The molecule has 0 spiro atoms. The van der Waals surface area contributed by atoms with Gasteiger partial charge in [0.2, 0.25) is 0 Å². The number of H-pyrrole nitrogens is 1. The first-order chi connectivity index (χ1) is 11.9. The molecule has 1 aromatic carbocycles. The highest BCUT2D eigenvalue weighted by Crippen LogP contribution is 2.70. The summed E-state index contributed by atoms with van der Waals surface area (Å²) in [7, 11) is 0. The normalized spacial score (nSPS) is 21.3. The van der Waals surface area contributed by atoms with Crippen molar-refractivity contribution < 1.29 is 0 Å². The lowest BCUT2D eigenvalue weighted by atomic mass is 10.0. The quantitative estimate of drug-likeness (QED) is 0.613. The second kappa shape index (κ2) is 5.86. The Balaban J connectivity index is 1.72. The van der Waals surface area contributed by atoms with Crippen molar-refractivity contribution in [2.45, 2.75) is 32.6 Å². The second-order valence-corrected chi connectivity index (χ2v) is 8.19. The lowest BCUT2D eigenvalue weighted by molar-refractivity contribution is 0.597. The summed E-state index contributed by atoms with van der Waals surface area (Å²) in [5.41, 5.74) is 4.51. The van der Waals surface area contributed by atoms with Crippen LogP contribution < -0.4 is 0 Å². The van der Waals surface area contributed by atoms with E-state index in [2.05, 4.69) is 30.7 Å². The topological polar surface area (TPSA) is 41.6 Å². The molecule has 0 saturated heterocycles. The number of nitrogens with zero attached hydrogens (tertiary/aromatic N) is 2. The van der Waals surface area contributed by atoms with Gasteiger partial charge in [-0.1, -0.05) is 37.0 Å². The van der Waals surface area contributed by atoms with Crippen molar-refractivity contribution in [1.82, 2.24) is 15.0 Å². The van der Waals surface area contributed by atoms with Crippen LogP contribution in [-0.4, -0.2) is 15.0 Å². The van der Waals surface area contributed by atoms with E-state index in [0.29, 0.717) is 21.9 Å². The molecule has 0 amide bonds. The van der Waals surface area contributed by atoms with Crippen molar-refractivity contribution >= 4 is 23.2 Å². The van der Waals surface area contributed by atoms with Crippen LogP contribution in [0.3, 0.4) is 0 Å². The first kappa shape index (κ1) is 16.6. The Labute approximate surface area is 157 Å². The van der Waals surface area contributed by atoms with Crippen molar-refractivity contribution in [3.8, 4) is 11.4 Å². The van der Waals surface area contributed by atoms with Gasteiger partial charge in [0.05, 0.1) is 5.69 Å². The Kier molecular flexibility index (Phi) is 3.89. The van der Waals surface area contributed by atoms with Crippen LogP contribution in [0.5, 0.6) is 0 Å². The summed E-state index contributed by atoms with van der Waals surface area (Å²) in [5.74, 6) is 1.56. The van der Waals surface area contributed by atoms with Crippen molar-refractivity contribution in [3.05, 3.63) is 69.7 Å². The van der Waals surface area contributed by atoms with E-state index in [1.807, 2.05) is 30.5 Å². The van der Waals surface area contributed by atoms with Crippen LogP contribution in [0.25, 0.3) is 11.4 Å². The minimum Gasteiger partial charge on any atom is -0.342 e. The molecule has 3 aromatic rings. The number of aryl methyl sites for hydroxylation is 1. The molecule has 25 heavy (non-hydrogen) atoms. The minimum atomic E-state index is 0.111. The predicted octanol–water partition coefficient (Wildman–Crippen LogP) is 5.99. The monoisotopic (exact) mass is 371 g/mol. The SMILES string of the molecule is Cc1[nH]c(-c2cccnc2)nc1[C@@H]1[C@@H](c2cc(Cl)cc(Cl)c2)C1(C)C. The van der Waals surface area contributed by atoms with Crippen LogP contribution in [0.1, 0.15) is 42.6 Å². The van der Waals surface area contributed by atoms with E-state index < -0.39 is 0 Å². The first-order valence-electron chi connectivity index (χ1n) is 8.31. The largest absolute Gasteiger partial charge is 0.342 e. The summed E-state index contributed by atoms with van der Waals surface area (Å²) in [6.45, 7) is 6.63. The van der Waals surface area contributed by atoms with Crippen LogP contribution in [-0.2, 0) is 0 Å². The summed E-state index contributed by atoms with van der Waals surface area (Å²) in [5, 5.41) is 1.36. The average molecular weight is 372 g/mol. The molecule has 1 aliphatic carbocycles. The van der Waals surface area contributed by atoms with E-state index in [0.717, 1.165) is 22.8 Å². The molecule has 4 rings (SSSR count). The zero-order valence-corrected chi connectivity index (χ0v) is 15.9. The highest BCUT2D eigenvalue weighted by Gasteiger charge is 2.60. The molecular weight excluding hydrogens is 353 g/mol. The lowest BCUT2D eigenvalue weighted by Crippen LogP contribution is -1.92. The van der Waals surface area contributed by atoms with Gasteiger partial charge < -0.3 is 4.98 Å². The Morgan fingerprint density at radius 1 is 1.08 bits per heavy atom. The number of hydrogen-bond donors (Lipinski definition) is 1. The van der Waals surface area contributed by atoms with E-state index in [4.69, 9.17) is 28.2 Å². The number of aromatic nitrogens is 3. The van der Waals surface area contributed by atoms with Crippen LogP contribution in [0.15, 0.2) is 42.7 Å². The zero-order valence-electron chi connectivity index (χ0n) is 14.3. The zero-order chi connectivity index (χ0) is 17.8. The fourth-order valence-electron chi connectivity index (χ4n) is 3.94. The van der Waals surface area contributed by atoms with Gasteiger partial charge in [-0.3, -0.25) is 4.98 Å². The molecule has 0 bridgehead atoms. The maximum absolute atomic E-state index is 6.21. The van der Waals surface area contributed by atoms with Gasteiger partial charge in [-0.15, -0.1) is 0 Å². The third kappa shape index (κ3) is 2.86. The molecule has 1 fully saturated rings. The summed E-state index contributed by atoms with van der Waals surface area (Å²) in [6.07, 6.45) is 3.59. The fraction of sp³-hybridized carbons (Fsp3) is 0.300. The second-order valence-electron chi connectivity index (χ2n) is 7.32. The van der Waals surface area contributed by atoms with E-state index >= 15 is 0 Å². The van der Waals surface area contributed by atoms with Gasteiger partial charge in [-0.2, -0.15) is 0 Å². The van der Waals surface area contributed by atoms with E-state index in [-0.39, 0.29) is 5.41 Å². The maximum Gasteiger partial charge on any atom is 0.139 e. The van der Waals surface area contributed by atoms with Crippen LogP contribution >= 0.6 is 23.2 Å². The third-order valence-corrected chi connectivity index (χ3v) is 5.66. The Morgan fingerprint density at radius 3 is 2.44 bits per heavy atom. The lowest BCUT2D eigenvalue weighted by Gasteiger charge is -2.04. The van der Waals surface area contributed by atoms with Gasteiger partial charge in [0.15, 0.2) is 0 Å². The van der Waals surface area contributed by atoms with E-state index in [1.54, 1.807) is 12.3 Å². The molecule has 2 heterocycles. The van der Waals surface area contributed by atoms with Gasteiger partial charge in [-0.05, 0) is 54.2 Å². The summed E-state index contributed by atoms with van der Waals surface area (Å²) < 4.78 is 0. The Hall–Kier alpha value is -1.84. The highest BCUT2D eigenvalue weighted by atomic mass is 35.5. The molecule has 2 atom stereocenters. The number of hydrogen-bond acceptors (Lipinski definition) is 2. The summed E-state index contributed by atoms with van der Waals surface area (Å²) >= 11 is 12.4. The summed E-state index contributed by atoms with van der Waals surface area (Å²) in [6, 6.07) is 9.75. The molecule has 1 saturated carbocycles. The molecule has 1 aliphatic rings. The van der Waals surface area contributed by atoms with Gasteiger partial charge in [0.1, 0.15) is 5.82 Å². The van der Waals surface area contributed by atoms with Gasteiger partial charge >= 0.3 is 0 Å². The van der Waals surface area contributed by atoms with Crippen LogP contribution in [0.4, 0.5) is 0 Å². The number of aromatic amines is 1. The fourth-order valence-corrected chi connectivity index (χ4v) is 4.48. The van der Waals surface area contributed by atoms with Crippen molar-refractivity contribution in [2.24, 2.45) is 5.41 Å². The summed E-state index contributed by atoms with van der Waals surface area (Å²) in [4.78, 5) is 12.5. The number of halogens is 2.